The third kappa shape index (κ3) is 4.16. The second-order valence-electron chi connectivity index (χ2n) is 9.25. The van der Waals surface area contributed by atoms with Crippen LogP contribution >= 0.6 is 7.60 Å². The molecular formula is C30H31O5P. The van der Waals surface area contributed by atoms with Gasteiger partial charge in [-0.1, -0.05) is 67.6 Å². The Bertz CT molecular complexity index is 1480. The highest BCUT2D eigenvalue weighted by Gasteiger charge is 2.38. The Morgan fingerprint density at radius 1 is 0.944 bits per heavy atom. The van der Waals surface area contributed by atoms with Gasteiger partial charge in [-0.25, -0.2) is 0 Å². The van der Waals surface area contributed by atoms with E-state index in [2.05, 4.69) is 0 Å². The summed E-state index contributed by atoms with van der Waals surface area (Å²) < 4.78 is 32.0. The predicted molar refractivity (Wildman–Crippen MR) is 145 cm³/mol. The van der Waals surface area contributed by atoms with Crippen LogP contribution in [0.2, 0.25) is 0 Å². The molecule has 5 nitrogen and oxygen atoms in total. The van der Waals surface area contributed by atoms with Gasteiger partial charge in [-0.3, -0.25) is 4.57 Å². The lowest BCUT2D eigenvalue weighted by Crippen LogP contribution is -2.21. The average Bonchev–Trinajstić information content (AvgIpc) is 3.38. The molecule has 0 saturated heterocycles. The van der Waals surface area contributed by atoms with E-state index in [9.17, 15) is 9.46 Å². The standard InChI is InChI=1S/C30H31O5P/c1-5-19(2)35-36(31,32)30-27(29-23-14-10-9-11-21(23)15-16-26(29)33-4)20(3)24-17-34-18-25(24)28(30)22-12-7-6-8-13-22/h6-16,19H,5,17-18H2,1-4H3,(H,31,32). The summed E-state index contributed by atoms with van der Waals surface area (Å²) in [5.41, 5.74) is 5.95. The lowest BCUT2D eigenvalue weighted by atomic mass is 9.85. The number of methoxy groups -OCH3 is 1. The van der Waals surface area contributed by atoms with Gasteiger partial charge >= 0.3 is 7.60 Å². The summed E-state index contributed by atoms with van der Waals surface area (Å²) in [4.78, 5) is 11.7. The van der Waals surface area contributed by atoms with Gasteiger partial charge in [0.25, 0.3) is 0 Å². The number of hydrogen-bond donors (Lipinski definition) is 1. The fourth-order valence-corrected chi connectivity index (χ4v) is 6.99. The van der Waals surface area contributed by atoms with Gasteiger partial charge in [-0.05, 0) is 59.4 Å². The SMILES string of the molecule is CCC(C)OP(=O)(O)c1c(-c2c(OC)ccc3ccccc23)c(C)c2c(c1-c1ccccc1)COC2. The first-order chi connectivity index (χ1) is 17.4. The number of benzene rings is 4. The summed E-state index contributed by atoms with van der Waals surface area (Å²) in [5, 5.41) is 2.28. The number of fused-ring (bicyclic) bond motifs is 2. The van der Waals surface area contributed by atoms with Crippen molar-refractivity contribution in [2.24, 2.45) is 0 Å². The van der Waals surface area contributed by atoms with Gasteiger partial charge in [0.15, 0.2) is 0 Å². The van der Waals surface area contributed by atoms with Gasteiger partial charge in [0.05, 0.1) is 31.7 Å². The van der Waals surface area contributed by atoms with Gasteiger partial charge in [-0.15, -0.1) is 0 Å². The minimum atomic E-state index is -4.30. The molecule has 1 heterocycles. The molecule has 2 unspecified atom stereocenters. The molecule has 0 radical (unpaired) electrons. The van der Waals surface area contributed by atoms with E-state index in [1.165, 1.54) is 0 Å². The Kier molecular flexibility index (Phi) is 6.76. The minimum absolute atomic E-state index is 0.311. The van der Waals surface area contributed by atoms with E-state index < -0.39 is 13.7 Å². The first-order valence-corrected chi connectivity index (χ1v) is 13.8. The highest BCUT2D eigenvalue weighted by Crippen LogP contribution is 2.53. The maximum atomic E-state index is 14.3. The van der Waals surface area contributed by atoms with Crippen molar-refractivity contribution in [3.8, 4) is 28.0 Å². The molecule has 0 aliphatic carbocycles. The number of rotatable bonds is 7. The van der Waals surface area contributed by atoms with Crippen LogP contribution in [-0.4, -0.2) is 18.1 Å². The summed E-state index contributed by atoms with van der Waals surface area (Å²) in [5.74, 6) is 0.638. The Morgan fingerprint density at radius 2 is 1.64 bits per heavy atom. The fraction of sp³-hybridized carbons (Fsp3) is 0.267. The van der Waals surface area contributed by atoms with Crippen LogP contribution in [0.5, 0.6) is 5.75 Å². The molecule has 0 bridgehead atoms. The highest BCUT2D eigenvalue weighted by atomic mass is 31.2. The zero-order valence-corrected chi connectivity index (χ0v) is 22.0. The molecule has 1 aliphatic rings. The monoisotopic (exact) mass is 502 g/mol. The van der Waals surface area contributed by atoms with Crippen molar-refractivity contribution in [2.45, 2.75) is 46.5 Å². The van der Waals surface area contributed by atoms with Crippen LogP contribution in [0.25, 0.3) is 33.0 Å². The lowest BCUT2D eigenvalue weighted by Gasteiger charge is -2.27. The third-order valence-corrected chi connectivity index (χ3v) is 8.72. The summed E-state index contributed by atoms with van der Waals surface area (Å²) in [6.07, 6.45) is 0.224. The molecule has 0 spiro atoms. The van der Waals surface area contributed by atoms with E-state index >= 15 is 0 Å². The second-order valence-corrected chi connectivity index (χ2v) is 10.9. The Balaban J connectivity index is 1.99. The molecular weight excluding hydrogens is 471 g/mol. The minimum Gasteiger partial charge on any atom is -0.496 e. The topological polar surface area (TPSA) is 65.0 Å². The summed E-state index contributed by atoms with van der Waals surface area (Å²) in [7, 11) is -2.67. The van der Waals surface area contributed by atoms with Gasteiger partial charge in [0.2, 0.25) is 0 Å². The third-order valence-electron chi connectivity index (χ3n) is 7.06. The summed E-state index contributed by atoms with van der Waals surface area (Å²) in [6.45, 7) is 6.60. The van der Waals surface area contributed by atoms with E-state index in [-0.39, 0.29) is 0 Å². The molecule has 0 aromatic heterocycles. The van der Waals surface area contributed by atoms with Gasteiger partial charge < -0.3 is 18.9 Å². The zero-order valence-electron chi connectivity index (χ0n) is 21.1. The van der Waals surface area contributed by atoms with Crippen LogP contribution in [0.3, 0.4) is 0 Å². The zero-order chi connectivity index (χ0) is 25.4. The highest BCUT2D eigenvalue weighted by molar-refractivity contribution is 7.62. The molecule has 2 atom stereocenters. The summed E-state index contributed by atoms with van der Waals surface area (Å²) >= 11 is 0. The Morgan fingerprint density at radius 3 is 2.36 bits per heavy atom. The first kappa shape index (κ1) is 24.7. The van der Waals surface area contributed by atoms with E-state index in [4.69, 9.17) is 14.0 Å². The molecule has 4 aromatic carbocycles. The van der Waals surface area contributed by atoms with Crippen molar-refractivity contribution in [3.63, 3.8) is 0 Å². The van der Waals surface area contributed by atoms with Crippen molar-refractivity contribution in [1.82, 2.24) is 0 Å². The van der Waals surface area contributed by atoms with Crippen molar-refractivity contribution < 1.29 is 23.5 Å². The number of ether oxygens (including phenoxy) is 2. The largest absolute Gasteiger partial charge is 0.496 e. The van der Waals surface area contributed by atoms with E-state index in [1.54, 1.807) is 7.11 Å². The average molecular weight is 503 g/mol. The second kappa shape index (κ2) is 9.84. The van der Waals surface area contributed by atoms with E-state index in [1.807, 2.05) is 87.5 Å². The Labute approximate surface area is 212 Å². The molecule has 0 saturated carbocycles. The number of hydrogen-bond acceptors (Lipinski definition) is 4. The van der Waals surface area contributed by atoms with Gasteiger partial charge in [0, 0.05) is 16.7 Å². The molecule has 0 amide bonds. The van der Waals surface area contributed by atoms with Crippen LogP contribution in [-0.2, 0) is 27.0 Å². The van der Waals surface area contributed by atoms with Crippen molar-refractivity contribution in [2.75, 3.05) is 7.11 Å². The molecule has 5 rings (SSSR count). The molecule has 36 heavy (non-hydrogen) atoms. The molecule has 4 aromatic rings. The van der Waals surface area contributed by atoms with Crippen LogP contribution in [0.4, 0.5) is 0 Å². The molecule has 1 N–H and O–H groups in total. The smallest absolute Gasteiger partial charge is 0.360 e. The van der Waals surface area contributed by atoms with E-state index in [0.29, 0.717) is 41.8 Å². The van der Waals surface area contributed by atoms with Crippen LogP contribution in [0, 0.1) is 6.92 Å². The van der Waals surface area contributed by atoms with Gasteiger partial charge in [0.1, 0.15) is 5.75 Å². The maximum absolute atomic E-state index is 14.3. The van der Waals surface area contributed by atoms with Crippen molar-refractivity contribution in [3.05, 3.63) is 83.4 Å². The fourth-order valence-electron chi connectivity index (χ4n) is 5.14. The maximum Gasteiger partial charge on any atom is 0.360 e. The van der Waals surface area contributed by atoms with Crippen LogP contribution in [0.1, 0.15) is 37.0 Å². The molecule has 1 aliphatic heterocycles. The molecule has 186 valence electrons. The quantitative estimate of drug-likeness (QED) is 0.272. The van der Waals surface area contributed by atoms with Crippen molar-refractivity contribution in [1.29, 1.82) is 0 Å². The lowest BCUT2D eigenvalue weighted by molar-refractivity contribution is 0.134. The van der Waals surface area contributed by atoms with Gasteiger partial charge in [-0.2, -0.15) is 0 Å². The predicted octanol–water partition coefficient (Wildman–Crippen LogP) is 7.15. The first-order valence-electron chi connectivity index (χ1n) is 12.3. The Hall–Kier alpha value is -2.95. The van der Waals surface area contributed by atoms with Crippen molar-refractivity contribution >= 4 is 23.7 Å². The molecule has 6 heteroatoms. The van der Waals surface area contributed by atoms with Crippen LogP contribution in [0.15, 0.2) is 66.7 Å². The molecule has 0 fully saturated rings. The van der Waals surface area contributed by atoms with E-state index in [0.717, 1.165) is 38.6 Å². The van der Waals surface area contributed by atoms with Crippen LogP contribution < -0.4 is 10.0 Å². The summed E-state index contributed by atoms with van der Waals surface area (Å²) in [6, 6.07) is 21.7. The normalized spacial score (nSPS) is 15.5.